The average Bonchev–Trinajstić information content (AvgIpc) is 2.91. The van der Waals surface area contributed by atoms with Crippen LogP contribution in [0, 0.1) is 5.92 Å². The normalized spacial score (nSPS) is 17.3. The van der Waals surface area contributed by atoms with Crippen molar-refractivity contribution in [2.24, 2.45) is 5.92 Å². The molecule has 4 rings (SSSR count). The number of hydrogen-bond donors (Lipinski definition) is 1. The fourth-order valence-corrected chi connectivity index (χ4v) is 4.82. The zero-order chi connectivity index (χ0) is 15.8. The van der Waals surface area contributed by atoms with E-state index in [9.17, 15) is 4.79 Å². The molecule has 1 aliphatic rings. The van der Waals surface area contributed by atoms with E-state index in [1.165, 1.54) is 22.4 Å². The van der Waals surface area contributed by atoms with Gasteiger partial charge in [-0.2, -0.15) is 0 Å². The van der Waals surface area contributed by atoms with Gasteiger partial charge in [-0.1, -0.05) is 37.3 Å². The largest absolute Gasteiger partial charge is 0.310 e. The molecule has 0 amide bonds. The molecule has 0 spiro atoms. The zero-order valence-corrected chi connectivity index (χ0v) is 14.1. The van der Waals surface area contributed by atoms with Crippen LogP contribution in [0.25, 0.3) is 10.2 Å². The van der Waals surface area contributed by atoms with E-state index in [4.69, 9.17) is 4.98 Å². The topological polar surface area (TPSA) is 45.8 Å². The highest BCUT2D eigenvalue weighted by Crippen LogP contribution is 2.35. The van der Waals surface area contributed by atoms with Gasteiger partial charge < -0.3 is 4.98 Å². The van der Waals surface area contributed by atoms with Gasteiger partial charge >= 0.3 is 0 Å². The highest BCUT2D eigenvalue weighted by molar-refractivity contribution is 7.18. The van der Waals surface area contributed by atoms with Crippen molar-refractivity contribution in [3.05, 3.63) is 62.5 Å². The predicted molar refractivity (Wildman–Crippen MR) is 95.3 cm³/mol. The summed E-state index contributed by atoms with van der Waals surface area (Å²) in [6, 6.07) is 10.3. The van der Waals surface area contributed by atoms with Crippen LogP contribution in [0.3, 0.4) is 0 Å². The van der Waals surface area contributed by atoms with Crippen LogP contribution in [0.15, 0.2) is 35.1 Å². The van der Waals surface area contributed by atoms with Gasteiger partial charge in [0.15, 0.2) is 0 Å². The fourth-order valence-electron chi connectivity index (χ4n) is 3.42. The number of rotatable bonds is 3. The van der Waals surface area contributed by atoms with Gasteiger partial charge in [-0.05, 0) is 42.7 Å². The summed E-state index contributed by atoms with van der Waals surface area (Å²) in [6.07, 6.45) is 4.96. The van der Waals surface area contributed by atoms with Crippen LogP contribution >= 0.6 is 11.3 Å². The van der Waals surface area contributed by atoms with Gasteiger partial charge in [-0.15, -0.1) is 11.3 Å². The Kier molecular flexibility index (Phi) is 3.77. The first-order valence-electron chi connectivity index (χ1n) is 8.28. The molecule has 0 saturated heterocycles. The lowest BCUT2D eigenvalue weighted by Crippen LogP contribution is -2.15. The number of thiophene rings is 1. The van der Waals surface area contributed by atoms with Crippen LogP contribution < -0.4 is 5.56 Å². The number of H-pyrrole nitrogens is 1. The standard InChI is InChI=1S/C19H20N2OS/c1-12-7-9-14-15(11-12)23-19-17(14)18(22)20-16(21-19)10-8-13-5-3-2-4-6-13/h2-6,12H,7-11H2,1H3,(H,20,21,22)/t12-/m1/s1. The zero-order valence-electron chi connectivity index (χ0n) is 13.3. The molecule has 1 N–H and O–H groups in total. The third-order valence-corrected chi connectivity index (χ3v) is 5.86. The van der Waals surface area contributed by atoms with Crippen molar-refractivity contribution in [3.63, 3.8) is 0 Å². The van der Waals surface area contributed by atoms with E-state index < -0.39 is 0 Å². The van der Waals surface area contributed by atoms with E-state index >= 15 is 0 Å². The van der Waals surface area contributed by atoms with Gasteiger partial charge in [0, 0.05) is 11.3 Å². The lowest BCUT2D eigenvalue weighted by atomic mass is 9.89. The first-order chi connectivity index (χ1) is 11.2. The molecule has 1 aliphatic carbocycles. The maximum Gasteiger partial charge on any atom is 0.259 e. The molecule has 4 heteroatoms. The van der Waals surface area contributed by atoms with Crippen LogP contribution in [-0.4, -0.2) is 9.97 Å². The highest BCUT2D eigenvalue weighted by atomic mass is 32.1. The molecule has 0 fully saturated rings. The minimum absolute atomic E-state index is 0.0464. The SMILES string of the molecule is C[C@@H]1CCc2c(sc3nc(CCc4ccccc4)[nH]c(=O)c23)C1. The molecule has 0 aliphatic heterocycles. The number of aromatic nitrogens is 2. The Morgan fingerprint density at radius 3 is 2.91 bits per heavy atom. The van der Waals surface area contributed by atoms with Gasteiger partial charge in [0.2, 0.25) is 0 Å². The summed E-state index contributed by atoms with van der Waals surface area (Å²) in [7, 11) is 0. The number of nitrogens with zero attached hydrogens (tertiary/aromatic N) is 1. The van der Waals surface area contributed by atoms with Crippen molar-refractivity contribution in [2.45, 2.75) is 39.0 Å². The second-order valence-corrected chi connectivity index (χ2v) is 7.61. The van der Waals surface area contributed by atoms with Crippen molar-refractivity contribution < 1.29 is 0 Å². The summed E-state index contributed by atoms with van der Waals surface area (Å²) in [4.78, 5) is 22.6. The lowest BCUT2D eigenvalue weighted by Gasteiger charge is -2.17. The first-order valence-corrected chi connectivity index (χ1v) is 9.09. The monoisotopic (exact) mass is 324 g/mol. The van der Waals surface area contributed by atoms with Crippen molar-refractivity contribution in [3.8, 4) is 0 Å². The molecule has 2 heterocycles. The minimum Gasteiger partial charge on any atom is -0.310 e. The van der Waals surface area contributed by atoms with Gasteiger partial charge in [0.1, 0.15) is 10.7 Å². The molecular weight excluding hydrogens is 304 g/mol. The lowest BCUT2D eigenvalue weighted by molar-refractivity contribution is 0.509. The molecule has 0 bridgehead atoms. The maximum absolute atomic E-state index is 12.5. The summed E-state index contributed by atoms with van der Waals surface area (Å²) in [5.74, 6) is 1.52. The van der Waals surface area contributed by atoms with Crippen molar-refractivity contribution in [1.82, 2.24) is 9.97 Å². The summed E-state index contributed by atoms with van der Waals surface area (Å²) in [6.45, 7) is 2.29. The Bertz CT molecular complexity index is 895. The van der Waals surface area contributed by atoms with Gasteiger partial charge in [-0.3, -0.25) is 4.79 Å². The Hall–Kier alpha value is -1.94. The molecule has 1 aromatic carbocycles. The number of benzene rings is 1. The Morgan fingerprint density at radius 2 is 2.09 bits per heavy atom. The van der Waals surface area contributed by atoms with Gasteiger partial charge in [-0.25, -0.2) is 4.98 Å². The van der Waals surface area contributed by atoms with E-state index in [-0.39, 0.29) is 5.56 Å². The number of hydrogen-bond acceptors (Lipinski definition) is 3. The van der Waals surface area contributed by atoms with E-state index in [0.717, 1.165) is 41.7 Å². The quantitative estimate of drug-likeness (QED) is 0.794. The third-order valence-electron chi connectivity index (χ3n) is 4.71. The Balaban J connectivity index is 1.66. The minimum atomic E-state index is 0.0464. The van der Waals surface area contributed by atoms with Crippen LogP contribution in [0.1, 0.15) is 35.2 Å². The summed E-state index contributed by atoms with van der Waals surface area (Å²) in [5, 5.41) is 0.848. The van der Waals surface area contributed by atoms with E-state index in [0.29, 0.717) is 5.92 Å². The second kappa shape index (κ2) is 5.93. The summed E-state index contributed by atoms with van der Waals surface area (Å²) >= 11 is 1.72. The molecule has 3 aromatic rings. The van der Waals surface area contributed by atoms with Crippen molar-refractivity contribution in [2.75, 3.05) is 0 Å². The average molecular weight is 324 g/mol. The molecule has 1 atom stereocenters. The number of aromatic amines is 1. The third kappa shape index (κ3) is 2.83. The van der Waals surface area contributed by atoms with Gasteiger partial charge in [0.05, 0.1) is 5.39 Å². The predicted octanol–water partition coefficient (Wildman–Crippen LogP) is 3.89. The molecule has 0 radical (unpaired) electrons. The number of aryl methyl sites for hydroxylation is 3. The smallest absolute Gasteiger partial charge is 0.259 e. The first kappa shape index (κ1) is 14.6. The molecular formula is C19H20N2OS. The van der Waals surface area contributed by atoms with Crippen LogP contribution in [0.4, 0.5) is 0 Å². The highest BCUT2D eigenvalue weighted by Gasteiger charge is 2.22. The molecule has 2 aromatic heterocycles. The molecule has 0 saturated carbocycles. The number of fused-ring (bicyclic) bond motifs is 3. The van der Waals surface area contributed by atoms with Crippen LogP contribution in [0.5, 0.6) is 0 Å². The van der Waals surface area contributed by atoms with E-state index in [1.807, 2.05) is 18.2 Å². The molecule has 0 unspecified atom stereocenters. The summed E-state index contributed by atoms with van der Waals surface area (Å²) in [5.41, 5.74) is 2.58. The summed E-state index contributed by atoms with van der Waals surface area (Å²) < 4.78 is 0. The molecule has 3 nitrogen and oxygen atoms in total. The maximum atomic E-state index is 12.5. The second-order valence-electron chi connectivity index (χ2n) is 6.53. The molecule has 118 valence electrons. The number of nitrogens with one attached hydrogen (secondary N) is 1. The van der Waals surface area contributed by atoms with Crippen molar-refractivity contribution in [1.29, 1.82) is 0 Å². The molecule has 23 heavy (non-hydrogen) atoms. The van der Waals surface area contributed by atoms with Crippen LogP contribution in [0.2, 0.25) is 0 Å². The van der Waals surface area contributed by atoms with E-state index in [2.05, 4.69) is 24.0 Å². The Labute approximate surface area is 139 Å². The van der Waals surface area contributed by atoms with E-state index in [1.54, 1.807) is 11.3 Å². The Morgan fingerprint density at radius 1 is 1.26 bits per heavy atom. The van der Waals surface area contributed by atoms with Crippen molar-refractivity contribution >= 4 is 21.6 Å². The van der Waals surface area contributed by atoms with Gasteiger partial charge in [0.25, 0.3) is 5.56 Å². The fraction of sp³-hybridized carbons (Fsp3) is 0.368. The van der Waals surface area contributed by atoms with Crippen LogP contribution in [-0.2, 0) is 25.7 Å².